The van der Waals surface area contributed by atoms with Crippen LogP contribution in [0.1, 0.15) is 46.0 Å². The molecule has 0 aromatic heterocycles. The number of ether oxygens (including phenoxy) is 3. The van der Waals surface area contributed by atoms with Crippen LogP contribution >= 0.6 is 0 Å². The van der Waals surface area contributed by atoms with Crippen molar-refractivity contribution in [3.63, 3.8) is 0 Å². The van der Waals surface area contributed by atoms with Gasteiger partial charge in [0, 0.05) is 19.4 Å². The van der Waals surface area contributed by atoms with Crippen LogP contribution in [0.3, 0.4) is 0 Å². The lowest BCUT2D eigenvalue weighted by atomic mass is 9.91. The first-order chi connectivity index (χ1) is 7.74. The highest BCUT2D eigenvalue weighted by Crippen LogP contribution is 2.36. The summed E-state index contributed by atoms with van der Waals surface area (Å²) in [6.45, 7) is 6.88. The fourth-order valence-corrected chi connectivity index (χ4v) is 2.40. The highest BCUT2D eigenvalue weighted by molar-refractivity contribution is 4.82. The molecule has 1 saturated heterocycles. The second kappa shape index (κ2) is 5.48. The predicted octanol–water partition coefficient (Wildman–Crippen LogP) is 2.73. The summed E-state index contributed by atoms with van der Waals surface area (Å²) in [6.07, 6.45) is 5.78. The van der Waals surface area contributed by atoms with Crippen molar-refractivity contribution in [2.45, 2.75) is 57.8 Å². The van der Waals surface area contributed by atoms with Gasteiger partial charge in [-0.1, -0.05) is 20.3 Å². The average Bonchev–Trinajstić information content (AvgIpc) is 2.77. The minimum atomic E-state index is -0.240. The first-order valence-electron chi connectivity index (χ1n) is 6.63. The van der Waals surface area contributed by atoms with Crippen molar-refractivity contribution < 1.29 is 14.2 Å². The topological polar surface area (TPSA) is 27.7 Å². The molecule has 0 amide bonds. The van der Waals surface area contributed by atoms with Crippen LogP contribution in [0.5, 0.6) is 0 Å². The molecule has 16 heavy (non-hydrogen) atoms. The highest BCUT2D eigenvalue weighted by Gasteiger charge is 2.40. The van der Waals surface area contributed by atoms with Gasteiger partial charge in [0.15, 0.2) is 5.79 Å². The average molecular weight is 228 g/mol. The van der Waals surface area contributed by atoms with Gasteiger partial charge in [0.05, 0.1) is 19.3 Å². The van der Waals surface area contributed by atoms with Crippen molar-refractivity contribution in [1.82, 2.24) is 0 Å². The Morgan fingerprint density at radius 3 is 2.44 bits per heavy atom. The molecule has 1 spiro atoms. The SMILES string of the molecule is CCC(C)COC1CCC2(CC1)OCCO2. The summed E-state index contributed by atoms with van der Waals surface area (Å²) in [4.78, 5) is 0. The molecule has 0 bridgehead atoms. The third-order valence-corrected chi connectivity index (χ3v) is 3.82. The van der Waals surface area contributed by atoms with Gasteiger partial charge < -0.3 is 14.2 Å². The fraction of sp³-hybridized carbons (Fsp3) is 1.00. The summed E-state index contributed by atoms with van der Waals surface area (Å²) in [5, 5.41) is 0. The van der Waals surface area contributed by atoms with Crippen molar-refractivity contribution in [3.05, 3.63) is 0 Å². The van der Waals surface area contributed by atoms with E-state index < -0.39 is 0 Å². The summed E-state index contributed by atoms with van der Waals surface area (Å²) in [5.74, 6) is 0.436. The summed E-state index contributed by atoms with van der Waals surface area (Å²) in [6, 6.07) is 0. The van der Waals surface area contributed by atoms with Crippen LogP contribution in [0.2, 0.25) is 0 Å². The van der Waals surface area contributed by atoms with Gasteiger partial charge in [-0.3, -0.25) is 0 Å². The van der Waals surface area contributed by atoms with Crippen LogP contribution in [0, 0.1) is 5.92 Å². The lowest BCUT2D eigenvalue weighted by molar-refractivity contribution is -0.192. The molecule has 3 nitrogen and oxygen atoms in total. The summed E-state index contributed by atoms with van der Waals surface area (Å²) >= 11 is 0. The van der Waals surface area contributed by atoms with Crippen molar-refractivity contribution in [2.75, 3.05) is 19.8 Å². The van der Waals surface area contributed by atoms with E-state index >= 15 is 0 Å². The van der Waals surface area contributed by atoms with Gasteiger partial charge in [0.2, 0.25) is 0 Å². The summed E-state index contributed by atoms with van der Waals surface area (Å²) < 4.78 is 17.3. The van der Waals surface area contributed by atoms with E-state index in [-0.39, 0.29) is 5.79 Å². The highest BCUT2D eigenvalue weighted by atomic mass is 16.7. The molecule has 2 rings (SSSR count). The van der Waals surface area contributed by atoms with E-state index in [2.05, 4.69) is 13.8 Å². The monoisotopic (exact) mass is 228 g/mol. The van der Waals surface area contributed by atoms with E-state index in [4.69, 9.17) is 14.2 Å². The van der Waals surface area contributed by atoms with Crippen molar-refractivity contribution in [1.29, 1.82) is 0 Å². The van der Waals surface area contributed by atoms with E-state index in [1.54, 1.807) is 0 Å². The number of hydrogen-bond acceptors (Lipinski definition) is 3. The Morgan fingerprint density at radius 2 is 1.88 bits per heavy atom. The molecule has 0 N–H and O–H groups in total. The molecule has 2 aliphatic rings. The van der Waals surface area contributed by atoms with Crippen LogP contribution in [0.4, 0.5) is 0 Å². The molecule has 2 fully saturated rings. The molecule has 1 unspecified atom stereocenters. The Labute approximate surface area is 98.4 Å². The summed E-state index contributed by atoms with van der Waals surface area (Å²) in [7, 11) is 0. The lowest BCUT2D eigenvalue weighted by Gasteiger charge is -2.35. The van der Waals surface area contributed by atoms with E-state index in [0.29, 0.717) is 12.0 Å². The lowest BCUT2D eigenvalue weighted by Crippen LogP contribution is -2.37. The Morgan fingerprint density at radius 1 is 1.25 bits per heavy atom. The van der Waals surface area contributed by atoms with Crippen LogP contribution < -0.4 is 0 Å². The molecule has 0 aromatic rings. The van der Waals surface area contributed by atoms with Gasteiger partial charge in [-0.25, -0.2) is 0 Å². The molecule has 1 aliphatic carbocycles. The minimum Gasteiger partial charge on any atom is -0.378 e. The fourth-order valence-electron chi connectivity index (χ4n) is 2.40. The maximum absolute atomic E-state index is 5.93. The van der Waals surface area contributed by atoms with E-state index in [1.807, 2.05) is 0 Å². The third-order valence-electron chi connectivity index (χ3n) is 3.82. The standard InChI is InChI=1S/C13H24O3/c1-3-11(2)10-14-12-4-6-13(7-5-12)15-8-9-16-13/h11-12H,3-10H2,1-2H3. The largest absolute Gasteiger partial charge is 0.378 e. The molecule has 0 radical (unpaired) electrons. The zero-order valence-corrected chi connectivity index (χ0v) is 10.5. The van der Waals surface area contributed by atoms with Crippen LogP contribution in [-0.2, 0) is 14.2 Å². The van der Waals surface area contributed by atoms with Crippen molar-refractivity contribution >= 4 is 0 Å². The van der Waals surface area contributed by atoms with Gasteiger partial charge >= 0.3 is 0 Å². The maximum atomic E-state index is 5.93. The van der Waals surface area contributed by atoms with E-state index in [9.17, 15) is 0 Å². The zero-order valence-electron chi connectivity index (χ0n) is 10.5. The molecule has 1 heterocycles. The van der Waals surface area contributed by atoms with Crippen molar-refractivity contribution in [3.8, 4) is 0 Å². The predicted molar refractivity (Wildman–Crippen MR) is 62.3 cm³/mol. The van der Waals surface area contributed by atoms with Gasteiger partial charge in [-0.15, -0.1) is 0 Å². The third kappa shape index (κ3) is 2.96. The second-order valence-electron chi connectivity index (χ2n) is 5.15. The minimum absolute atomic E-state index is 0.240. The molecule has 0 aromatic carbocycles. The molecular formula is C13H24O3. The maximum Gasteiger partial charge on any atom is 0.168 e. The molecule has 1 aliphatic heterocycles. The van der Waals surface area contributed by atoms with Gasteiger partial charge in [0.25, 0.3) is 0 Å². The first kappa shape index (κ1) is 12.3. The molecular weight excluding hydrogens is 204 g/mol. The normalized spacial score (nSPS) is 27.4. The Balaban J connectivity index is 1.69. The Hall–Kier alpha value is -0.120. The first-order valence-corrected chi connectivity index (χ1v) is 6.63. The van der Waals surface area contributed by atoms with Crippen molar-refractivity contribution in [2.24, 2.45) is 5.92 Å². The Kier molecular flexibility index (Phi) is 4.22. The second-order valence-corrected chi connectivity index (χ2v) is 5.15. The van der Waals surface area contributed by atoms with Gasteiger partial charge in [-0.05, 0) is 18.8 Å². The van der Waals surface area contributed by atoms with Crippen LogP contribution in [0.25, 0.3) is 0 Å². The van der Waals surface area contributed by atoms with Gasteiger partial charge in [-0.2, -0.15) is 0 Å². The molecule has 3 heteroatoms. The van der Waals surface area contributed by atoms with Crippen LogP contribution in [-0.4, -0.2) is 31.7 Å². The molecule has 1 atom stereocenters. The quantitative estimate of drug-likeness (QED) is 0.740. The van der Waals surface area contributed by atoms with Crippen LogP contribution in [0.15, 0.2) is 0 Å². The molecule has 1 saturated carbocycles. The smallest absolute Gasteiger partial charge is 0.168 e. The number of rotatable bonds is 4. The number of hydrogen-bond donors (Lipinski definition) is 0. The zero-order chi connectivity index (χ0) is 11.4. The van der Waals surface area contributed by atoms with Gasteiger partial charge in [0.1, 0.15) is 0 Å². The van der Waals surface area contributed by atoms with E-state index in [0.717, 1.165) is 45.5 Å². The molecule has 94 valence electrons. The van der Waals surface area contributed by atoms with E-state index in [1.165, 1.54) is 6.42 Å². The summed E-state index contributed by atoms with van der Waals surface area (Å²) in [5.41, 5.74) is 0. The Bertz CT molecular complexity index is 201.